The van der Waals surface area contributed by atoms with E-state index in [2.05, 4.69) is 10.6 Å². The number of nitrogens with one attached hydrogen (secondary N) is 2. The van der Waals surface area contributed by atoms with Crippen LogP contribution in [0.4, 0.5) is 11.4 Å². The monoisotopic (exact) mass is 481 g/mol. The number of methoxy groups -OCH3 is 4. The van der Waals surface area contributed by atoms with Crippen molar-refractivity contribution in [2.24, 2.45) is 0 Å². The Kier molecular flexibility index (Phi) is 8.49. The molecule has 12 heteroatoms. The summed E-state index contributed by atoms with van der Waals surface area (Å²) in [6.45, 7) is -0.257. The maximum Gasteiger partial charge on any atom is 0.340 e. The predicted octanol–water partition coefficient (Wildman–Crippen LogP) is 1.80. The molecule has 2 rings (SSSR count). The summed E-state index contributed by atoms with van der Waals surface area (Å²) >= 11 is 0. The van der Waals surface area contributed by atoms with Crippen molar-refractivity contribution < 1.29 is 37.0 Å². The number of rotatable bonds is 10. The number of carbonyl (C=O) groups is 2. The molecule has 0 bridgehead atoms. The molecule has 0 atom stereocenters. The largest absolute Gasteiger partial charge is 0.495 e. The van der Waals surface area contributed by atoms with E-state index in [-0.39, 0.29) is 34.1 Å². The van der Waals surface area contributed by atoms with Crippen molar-refractivity contribution in [3.63, 3.8) is 0 Å². The Morgan fingerprint density at radius 3 is 2.03 bits per heavy atom. The first-order valence-corrected chi connectivity index (χ1v) is 11.0. The topological polar surface area (TPSA) is 132 Å². The van der Waals surface area contributed by atoms with E-state index in [1.807, 2.05) is 0 Å². The molecule has 2 N–H and O–H groups in total. The van der Waals surface area contributed by atoms with Gasteiger partial charge in [0.25, 0.3) is 0 Å². The molecule has 11 nitrogen and oxygen atoms in total. The summed E-state index contributed by atoms with van der Waals surface area (Å²) in [5, 5.41) is 5.47. The van der Waals surface area contributed by atoms with Crippen molar-refractivity contribution in [1.82, 2.24) is 4.31 Å². The fraction of sp³-hybridized carbons (Fsp3) is 0.333. The highest BCUT2D eigenvalue weighted by Crippen LogP contribution is 2.34. The number of sulfonamides is 1. The number of ether oxygens (including phenoxy) is 4. The predicted molar refractivity (Wildman–Crippen MR) is 122 cm³/mol. The second-order valence-electron chi connectivity index (χ2n) is 6.80. The van der Waals surface area contributed by atoms with Crippen molar-refractivity contribution in [3.8, 4) is 17.2 Å². The van der Waals surface area contributed by atoms with Crippen molar-refractivity contribution in [2.75, 3.05) is 59.7 Å². The third kappa shape index (κ3) is 5.84. The number of amides is 1. The molecule has 0 aromatic heterocycles. The van der Waals surface area contributed by atoms with Crippen molar-refractivity contribution >= 4 is 33.3 Å². The summed E-state index contributed by atoms with van der Waals surface area (Å²) in [6, 6.07) is 7.08. The molecule has 33 heavy (non-hydrogen) atoms. The Labute approximate surface area is 192 Å². The minimum absolute atomic E-state index is 0.00979. The highest BCUT2D eigenvalue weighted by molar-refractivity contribution is 7.89. The Hall–Kier alpha value is -3.51. The molecule has 0 aliphatic heterocycles. The van der Waals surface area contributed by atoms with Crippen molar-refractivity contribution in [1.29, 1.82) is 0 Å². The summed E-state index contributed by atoms with van der Waals surface area (Å²) in [7, 11) is 4.60. The van der Waals surface area contributed by atoms with Crippen LogP contribution in [0.25, 0.3) is 0 Å². The van der Waals surface area contributed by atoms with Crippen LogP contribution >= 0.6 is 0 Å². The van der Waals surface area contributed by atoms with Gasteiger partial charge in [-0.2, -0.15) is 0 Å². The van der Waals surface area contributed by atoms with Gasteiger partial charge >= 0.3 is 5.97 Å². The Balaban J connectivity index is 2.28. The van der Waals surface area contributed by atoms with E-state index in [0.29, 0.717) is 11.5 Å². The summed E-state index contributed by atoms with van der Waals surface area (Å²) in [4.78, 5) is 24.8. The van der Waals surface area contributed by atoms with E-state index in [9.17, 15) is 18.0 Å². The number of anilines is 2. The van der Waals surface area contributed by atoms with E-state index in [0.717, 1.165) is 4.31 Å². The highest BCUT2D eigenvalue weighted by atomic mass is 32.2. The molecule has 0 aliphatic rings. The lowest BCUT2D eigenvalue weighted by atomic mass is 10.1. The lowest BCUT2D eigenvalue weighted by Crippen LogP contribution is -2.24. The zero-order valence-corrected chi connectivity index (χ0v) is 20.0. The van der Waals surface area contributed by atoms with Crippen LogP contribution in [-0.4, -0.2) is 73.7 Å². The molecule has 0 aliphatic carbocycles. The summed E-state index contributed by atoms with van der Waals surface area (Å²) < 4.78 is 46.4. The number of hydrogen-bond donors (Lipinski definition) is 2. The van der Waals surface area contributed by atoms with E-state index >= 15 is 0 Å². The van der Waals surface area contributed by atoms with Crippen LogP contribution in [0, 0.1) is 0 Å². The lowest BCUT2D eigenvalue weighted by Gasteiger charge is -2.17. The Bertz CT molecular complexity index is 1130. The first kappa shape index (κ1) is 25.7. The highest BCUT2D eigenvalue weighted by Gasteiger charge is 2.21. The number of nitrogens with zero attached hydrogens (tertiary/aromatic N) is 1. The normalized spacial score (nSPS) is 11.0. The van der Waals surface area contributed by atoms with E-state index in [1.54, 1.807) is 0 Å². The second kappa shape index (κ2) is 10.9. The van der Waals surface area contributed by atoms with Gasteiger partial charge in [-0.05, 0) is 18.2 Å². The van der Waals surface area contributed by atoms with Crippen LogP contribution in [-0.2, 0) is 19.6 Å². The molecule has 2 aromatic rings. The van der Waals surface area contributed by atoms with Gasteiger partial charge in [-0.1, -0.05) is 0 Å². The number of hydrogen-bond acceptors (Lipinski definition) is 9. The smallest absolute Gasteiger partial charge is 0.340 e. The third-order valence-corrected chi connectivity index (χ3v) is 6.40. The van der Waals surface area contributed by atoms with Gasteiger partial charge in [0.2, 0.25) is 15.9 Å². The summed E-state index contributed by atoms with van der Waals surface area (Å²) in [6.07, 6.45) is 0. The van der Waals surface area contributed by atoms with Crippen LogP contribution < -0.4 is 24.8 Å². The van der Waals surface area contributed by atoms with E-state index in [1.165, 1.54) is 72.9 Å². The molecule has 0 saturated heterocycles. The van der Waals surface area contributed by atoms with Gasteiger partial charge in [0.1, 0.15) is 5.75 Å². The lowest BCUT2D eigenvalue weighted by molar-refractivity contribution is -0.114. The molecule has 0 heterocycles. The van der Waals surface area contributed by atoms with E-state index < -0.39 is 21.9 Å². The SMILES string of the molecule is COC(=O)c1cc(OC)c(OC)cc1NCC(=O)Nc1cc(S(=O)(=O)N(C)C)ccc1OC. The Morgan fingerprint density at radius 1 is 0.879 bits per heavy atom. The average Bonchev–Trinajstić information content (AvgIpc) is 2.81. The van der Waals surface area contributed by atoms with Gasteiger partial charge in [0.15, 0.2) is 11.5 Å². The van der Waals surface area contributed by atoms with Gasteiger partial charge in [0, 0.05) is 26.2 Å². The fourth-order valence-corrected chi connectivity index (χ4v) is 3.76. The van der Waals surface area contributed by atoms with Gasteiger partial charge < -0.3 is 29.6 Å². The zero-order chi connectivity index (χ0) is 24.8. The maximum absolute atomic E-state index is 12.6. The minimum Gasteiger partial charge on any atom is -0.495 e. The molecule has 0 saturated carbocycles. The third-order valence-electron chi connectivity index (χ3n) is 4.59. The summed E-state index contributed by atoms with van der Waals surface area (Å²) in [5.74, 6) is -0.212. The summed E-state index contributed by atoms with van der Waals surface area (Å²) in [5.41, 5.74) is 0.595. The molecule has 0 radical (unpaired) electrons. The number of benzene rings is 2. The standard InChI is InChI=1S/C21H27N3O8S/c1-24(2)33(27,28)13-7-8-17(29-3)16(9-13)23-20(25)12-22-15-11-19(31-5)18(30-4)10-14(15)21(26)32-6/h7-11,22H,12H2,1-6H3,(H,23,25). The van der Waals surface area contributed by atoms with E-state index in [4.69, 9.17) is 18.9 Å². The quantitative estimate of drug-likeness (QED) is 0.487. The number of carbonyl (C=O) groups excluding carboxylic acids is 2. The average molecular weight is 482 g/mol. The van der Waals surface area contributed by atoms with Gasteiger partial charge in [-0.25, -0.2) is 17.5 Å². The number of esters is 1. The van der Waals surface area contributed by atoms with Crippen LogP contribution in [0.1, 0.15) is 10.4 Å². The molecule has 0 spiro atoms. The fourth-order valence-electron chi connectivity index (χ4n) is 2.83. The molecular formula is C21H27N3O8S. The van der Waals surface area contributed by atoms with Crippen LogP contribution in [0.15, 0.2) is 35.2 Å². The van der Waals surface area contributed by atoms with Gasteiger partial charge in [-0.3, -0.25) is 4.79 Å². The molecule has 180 valence electrons. The van der Waals surface area contributed by atoms with Crippen LogP contribution in [0.3, 0.4) is 0 Å². The van der Waals surface area contributed by atoms with Gasteiger partial charge in [0.05, 0.1) is 56.8 Å². The Morgan fingerprint density at radius 2 is 1.48 bits per heavy atom. The molecule has 0 fully saturated rings. The maximum atomic E-state index is 12.6. The molecule has 2 aromatic carbocycles. The minimum atomic E-state index is -3.71. The van der Waals surface area contributed by atoms with Gasteiger partial charge in [-0.15, -0.1) is 0 Å². The molecule has 1 amide bonds. The molecular weight excluding hydrogens is 454 g/mol. The molecule has 0 unspecified atom stereocenters. The second-order valence-corrected chi connectivity index (χ2v) is 8.95. The zero-order valence-electron chi connectivity index (χ0n) is 19.2. The first-order chi connectivity index (χ1) is 15.6. The first-order valence-electron chi connectivity index (χ1n) is 9.57. The van der Waals surface area contributed by atoms with Crippen molar-refractivity contribution in [3.05, 3.63) is 35.9 Å². The van der Waals surface area contributed by atoms with Crippen LogP contribution in [0.5, 0.6) is 17.2 Å². The van der Waals surface area contributed by atoms with Crippen molar-refractivity contribution in [2.45, 2.75) is 4.90 Å². The van der Waals surface area contributed by atoms with Crippen LogP contribution in [0.2, 0.25) is 0 Å².